The lowest BCUT2D eigenvalue weighted by Gasteiger charge is -2.34. The van der Waals surface area contributed by atoms with Crippen molar-refractivity contribution in [3.8, 4) is 17.2 Å². The highest BCUT2D eigenvalue weighted by atomic mass is 35.5. The van der Waals surface area contributed by atoms with Gasteiger partial charge in [0.05, 0.1) is 21.3 Å². The average molecular weight is 393 g/mol. The van der Waals surface area contributed by atoms with Crippen molar-refractivity contribution in [3.63, 3.8) is 0 Å². The Morgan fingerprint density at radius 2 is 1.78 bits per heavy atom. The lowest BCUT2D eigenvalue weighted by molar-refractivity contribution is 0.301. The molecule has 1 saturated heterocycles. The third-order valence-corrected chi connectivity index (χ3v) is 4.95. The summed E-state index contributed by atoms with van der Waals surface area (Å²) in [5.41, 5.74) is 2.35. The van der Waals surface area contributed by atoms with Crippen LogP contribution >= 0.6 is 12.4 Å². The molecule has 1 aliphatic heterocycles. The van der Waals surface area contributed by atoms with Gasteiger partial charge in [-0.05, 0) is 55.3 Å². The fraction of sp³-hybridized carbons (Fsp3) is 0.429. The van der Waals surface area contributed by atoms with Crippen molar-refractivity contribution in [1.29, 1.82) is 0 Å². The summed E-state index contributed by atoms with van der Waals surface area (Å²) in [5.74, 6) is 2.61. The molecule has 2 unspecified atom stereocenters. The SMILES string of the molecule is COc1cccc(C2NCCCC2NCc2cc(OC)ccc2OC)c1.Cl. The molecule has 1 aliphatic rings. The largest absolute Gasteiger partial charge is 0.497 e. The minimum Gasteiger partial charge on any atom is -0.497 e. The molecule has 0 radical (unpaired) electrons. The first-order valence-corrected chi connectivity index (χ1v) is 9.06. The monoisotopic (exact) mass is 392 g/mol. The van der Waals surface area contributed by atoms with Crippen LogP contribution in [0.2, 0.25) is 0 Å². The summed E-state index contributed by atoms with van der Waals surface area (Å²) >= 11 is 0. The molecule has 6 heteroatoms. The van der Waals surface area contributed by atoms with Crippen molar-refractivity contribution in [2.75, 3.05) is 27.9 Å². The van der Waals surface area contributed by atoms with Gasteiger partial charge >= 0.3 is 0 Å². The number of hydrogen-bond acceptors (Lipinski definition) is 5. The van der Waals surface area contributed by atoms with Crippen LogP contribution in [-0.2, 0) is 6.54 Å². The Balaban J connectivity index is 0.00000261. The Labute approximate surface area is 167 Å². The van der Waals surface area contributed by atoms with E-state index in [-0.39, 0.29) is 18.4 Å². The minimum absolute atomic E-state index is 0. The van der Waals surface area contributed by atoms with Crippen LogP contribution in [0.25, 0.3) is 0 Å². The Morgan fingerprint density at radius 3 is 2.52 bits per heavy atom. The molecule has 2 aromatic rings. The molecule has 2 aromatic carbocycles. The number of methoxy groups -OCH3 is 3. The number of piperidine rings is 1. The molecule has 0 aromatic heterocycles. The first-order valence-electron chi connectivity index (χ1n) is 9.06. The van der Waals surface area contributed by atoms with Gasteiger partial charge in [-0.25, -0.2) is 0 Å². The van der Waals surface area contributed by atoms with Gasteiger partial charge in [0, 0.05) is 24.2 Å². The van der Waals surface area contributed by atoms with Gasteiger partial charge in [0.2, 0.25) is 0 Å². The maximum Gasteiger partial charge on any atom is 0.123 e. The summed E-state index contributed by atoms with van der Waals surface area (Å²) in [6, 6.07) is 14.8. The summed E-state index contributed by atoms with van der Waals surface area (Å²) in [5, 5.41) is 7.36. The summed E-state index contributed by atoms with van der Waals surface area (Å²) in [6.07, 6.45) is 2.29. The van der Waals surface area contributed by atoms with E-state index in [2.05, 4.69) is 22.8 Å². The Morgan fingerprint density at radius 1 is 1.00 bits per heavy atom. The number of halogens is 1. The smallest absolute Gasteiger partial charge is 0.123 e. The molecule has 1 heterocycles. The van der Waals surface area contributed by atoms with Gasteiger partial charge in [0.1, 0.15) is 17.2 Å². The average Bonchev–Trinajstić information content (AvgIpc) is 2.72. The van der Waals surface area contributed by atoms with Crippen LogP contribution in [0.4, 0.5) is 0 Å². The number of benzene rings is 2. The lowest BCUT2D eigenvalue weighted by atomic mass is 9.92. The highest BCUT2D eigenvalue weighted by molar-refractivity contribution is 5.85. The van der Waals surface area contributed by atoms with Gasteiger partial charge in [-0.15, -0.1) is 12.4 Å². The van der Waals surface area contributed by atoms with Crippen LogP contribution in [0.1, 0.15) is 30.0 Å². The first-order chi connectivity index (χ1) is 12.7. The maximum atomic E-state index is 5.50. The topological polar surface area (TPSA) is 51.8 Å². The fourth-order valence-corrected chi connectivity index (χ4v) is 3.55. The van der Waals surface area contributed by atoms with Gasteiger partial charge in [0.25, 0.3) is 0 Å². The Bertz CT molecular complexity index is 726. The van der Waals surface area contributed by atoms with Crippen molar-refractivity contribution in [2.24, 2.45) is 0 Å². The van der Waals surface area contributed by atoms with E-state index in [4.69, 9.17) is 14.2 Å². The summed E-state index contributed by atoms with van der Waals surface area (Å²) in [7, 11) is 5.09. The van der Waals surface area contributed by atoms with E-state index in [1.807, 2.05) is 30.3 Å². The minimum atomic E-state index is 0. The number of hydrogen-bond donors (Lipinski definition) is 2. The molecule has 0 spiro atoms. The molecule has 2 N–H and O–H groups in total. The second-order valence-electron chi connectivity index (χ2n) is 6.52. The third kappa shape index (κ3) is 5.28. The molecule has 0 bridgehead atoms. The first kappa shape index (κ1) is 21.4. The van der Waals surface area contributed by atoms with Crippen molar-refractivity contribution in [2.45, 2.75) is 31.5 Å². The van der Waals surface area contributed by atoms with Gasteiger partial charge in [-0.3, -0.25) is 0 Å². The molecule has 3 rings (SSSR count). The van der Waals surface area contributed by atoms with E-state index >= 15 is 0 Å². The van der Waals surface area contributed by atoms with Crippen molar-refractivity contribution in [1.82, 2.24) is 10.6 Å². The van der Waals surface area contributed by atoms with Crippen LogP contribution in [0.15, 0.2) is 42.5 Å². The number of rotatable bonds is 7. The van der Waals surface area contributed by atoms with Crippen LogP contribution in [0, 0.1) is 0 Å². The predicted molar refractivity (Wildman–Crippen MR) is 110 cm³/mol. The zero-order valence-corrected chi connectivity index (χ0v) is 17.0. The summed E-state index contributed by atoms with van der Waals surface area (Å²) < 4.78 is 16.2. The van der Waals surface area contributed by atoms with Crippen LogP contribution in [0.5, 0.6) is 17.2 Å². The number of nitrogens with one attached hydrogen (secondary N) is 2. The van der Waals surface area contributed by atoms with E-state index in [0.717, 1.165) is 48.7 Å². The van der Waals surface area contributed by atoms with Gasteiger partial charge in [-0.1, -0.05) is 12.1 Å². The Hall–Kier alpha value is -1.95. The summed E-state index contributed by atoms with van der Waals surface area (Å²) in [4.78, 5) is 0. The second-order valence-corrected chi connectivity index (χ2v) is 6.52. The standard InChI is InChI=1S/C21H28N2O3.ClH/c1-24-17-7-4-6-15(12-17)21-19(8-5-11-22-21)23-14-16-13-18(25-2)9-10-20(16)26-3;/h4,6-7,9-10,12-13,19,21-23H,5,8,11,14H2,1-3H3;1H. The second kappa shape index (κ2) is 10.4. The molecule has 5 nitrogen and oxygen atoms in total. The highest BCUT2D eigenvalue weighted by Crippen LogP contribution is 2.28. The molecular formula is C21H29ClN2O3. The zero-order valence-electron chi connectivity index (χ0n) is 16.2. The normalized spacial score (nSPS) is 19.1. The van der Waals surface area contributed by atoms with Gasteiger partial charge < -0.3 is 24.8 Å². The molecule has 27 heavy (non-hydrogen) atoms. The third-order valence-electron chi connectivity index (χ3n) is 4.95. The van der Waals surface area contributed by atoms with Crippen molar-refractivity contribution in [3.05, 3.63) is 53.6 Å². The number of ether oxygens (including phenoxy) is 3. The molecule has 0 aliphatic carbocycles. The van der Waals surface area contributed by atoms with Crippen molar-refractivity contribution < 1.29 is 14.2 Å². The van der Waals surface area contributed by atoms with E-state index in [0.29, 0.717) is 6.04 Å². The Kier molecular flexibility index (Phi) is 8.23. The van der Waals surface area contributed by atoms with Crippen molar-refractivity contribution >= 4 is 12.4 Å². The fourth-order valence-electron chi connectivity index (χ4n) is 3.55. The molecular weight excluding hydrogens is 364 g/mol. The van der Waals surface area contributed by atoms with Crippen LogP contribution in [-0.4, -0.2) is 33.9 Å². The molecule has 0 saturated carbocycles. The molecule has 1 fully saturated rings. The van der Waals surface area contributed by atoms with E-state index in [9.17, 15) is 0 Å². The van der Waals surface area contributed by atoms with E-state index in [1.165, 1.54) is 5.56 Å². The zero-order chi connectivity index (χ0) is 18.4. The lowest BCUT2D eigenvalue weighted by Crippen LogP contribution is -2.45. The molecule has 2 atom stereocenters. The molecule has 148 valence electrons. The molecule has 0 amide bonds. The van der Waals surface area contributed by atoms with Gasteiger partial charge in [-0.2, -0.15) is 0 Å². The van der Waals surface area contributed by atoms with E-state index in [1.54, 1.807) is 21.3 Å². The quantitative estimate of drug-likeness (QED) is 0.752. The summed E-state index contributed by atoms with van der Waals surface area (Å²) in [6.45, 7) is 1.76. The van der Waals surface area contributed by atoms with Crippen LogP contribution in [0.3, 0.4) is 0 Å². The highest BCUT2D eigenvalue weighted by Gasteiger charge is 2.26. The van der Waals surface area contributed by atoms with E-state index < -0.39 is 0 Å². The van der Waals surface area contributed by atoms with Crippen LogP contribution < -0.4 is 24.8 Å². The van der Waals surface area contributed by atoms with Gasteiger partial charge in [0.15, 0.2) is 0 Å². The maximum absolute atomic E-state index is 5.50. The predicted octanol–water partition coefficient (Wildman–Crippen LogP) is 3.72.